The van der Waals surface area contributed by atoms with Gasteiger partial charge in [0.05, 0.1) is 12.6 Å². The molecule has 3 unspecified atom stereocenters. The van der Waals surface area contributed by atoms with E-state index in [0.717, 1.165) is 23.9 Å². The van der Waals surface area contributed by atoms with Gasteiger partial charge in [-0.1, -0.05) is 81.2 Å². The Hall–Kier alpha value is -1.93. The van der Waals surface area contributed by atoms with Gasteiger partial charge in [0.1, 0.15) is 6.61 Å². The summed E-state index contributed by atoms with van der Waals surface area (Å²) in [6, 6.07) is 16.8. The largest absolute Gasteiger partial charge is 0.481 e. The number of carbonyl (C=O) groups is 2. The van der Waals surface area contributed by atoms with Crippen molar-refractivity contribution in [2.45, 2.75) is 53.1 Å². The molecule has 0 radical (unpaired) electrons. The molecule has 9 heteroatoms. The summed E-state index contributed by atoms with van der Waals surface area (Å²) in [5, 5.41) is 8.87. The van der Waals surface area contributed by atoms with Crippen molar-refractivity contribution >= 4 is 45.9 Å². The normalized spacial score (nSPS) is 16.3. The average molecular weight is 547 g/mol. The molecular weight excluding hydrogens is 509 g/mol. The predicted molar refractivity (Wildman–Crippen MR) is 146 cm³/mol. The van der Waals surface area contributed by atoms with Crippen LogP contribution in [0.4, 0.5) is 0 Å². The molecule has 3 atom stereocenters. The first-order chi connectivity index (χ1) is 16.7. The maximum absolute atomic E-state index is 12.4. The molecule has 0 bridgehead atoms. The number of hydrogen-bond acceptors (Lipinski definition) is 4. The minimum atomic E-state index is -0.904. The van der Waals surface area contributed by atoms with E-state index in [-0.39, 0.29) is 24.6 Å². The Kier molecular flexibility index (Phi) is 18.2. The maximum atomic E-state index is 12.4. The number of rotatable bonds is 6. The van der Waals surface area contributed by atoms with Gasteiger partial charge in [-0.2, -0.15) is 0 Å². The van der Waals surface area contributed by atoms with Crippen molar-refractivity contribution in [2.75, 3.05) is 24.7 Å². The van der Waals surface area contributed by atoms with Gasteiger partial charge in [0.2, 0.25) is 5.91 Å². The molecular formula is C26H37Cl2NO5S. The molecule has 2 aromatic rings. The lowest BCUT2D eigenvalue weighted by molar-refractivity contribution is -0.151. The van der Waals surface area contributed by atoms with Gasteiger partial charge >= 0.3 is 0 Å². The molecule has 196 valence electrons. The van der Waals surface area contributed by atoms with Crippen molar-refractivity contribution in [2.24, 2.45) is 0 Å². The molecule has 35 heavy (non-hydrogen) atoms. The molecule has 0 saturated carbocycles. The molecule has 1 saturated heterocycles. The predicted octanol–water partition coefficient (Wildman–Crippen LogP) is 6.24. The number of morpholine rings is 1. The summed E-state index contributed by atoms with van der Waals surface area (Å²) < 4.78 is 17.4. The average Bonchev–Trinajstić information content (AvgIpc) is 2.85. The van der Waals surface area contributed by atoms with Crippen LogP contribution < -0.4 is 0 Å². The molecule has 1 aliphatic rings. The number of carbonyl (C=O) groups excluding carboxylic acids is 1. The molecule has 0 aromatic heterocycles. The van der Waals surface area contributed by atoms with Crippen LogP contribution >= 0.6 is 23.2 Å². The topological polar surface area (TPSA) is 83.9 Å². The highest BCUT2D eigenvalue weighted by Crippen LogP contribution is 2.29. The number of benzene rings is 2. The minimum Gasteiger partial charge on any atom is -0.481 e. The number of aliphatic carboxylic acids is 1. The van der Waals surface area contributed by atoms with E-state index >= 15 is 0 Å². The molecule has 1 aliphatic heterocycles. The number of halogens is 2. The molecule has 1 amide bonds. The molecule has 1 heterocycles. The third-order valence-electron chi connectivity index (χ3n) is 4.68. The van der Waals surface area contributed by atoms with Gasteiger partial charge in [0.15, 0.2) is 0 Å². The van der Waals surface area contributed by atoms with Gasteiger partial charge in [-0.25, -0.2) is 0 Å². The maximum Gasteiger partial charge on any atom is 0.300 e. The van der Waals surface area contributed by atoms with E-state index in [9.17, 15) is 9.00 Å². The lowest BCUT2D eigenvalue weighted by atomic mass is 10.0. The van der Waals surface area contributed by atoms with Gasteiger partial charge in [-0.3, -0.25) is 13.8 Å². The quantitative estimate of drug-likeness (QED) is 0.464. The number of ether oxygens (including phenoxy) is 1. The zero-order chi connectivity index (χ0) is 26.8. The Morgan fingerprint density at radius 3 is 2.03 bits per heavy atom. The zero-order valence-electron chi connectivity index (χ0n) is 21.1. The molecule has 1 N–H and O–H groups in total. The van der Waals surface area contributed by atoms with Crippen LogP contribution in [0.1, 0.15) is 52.6 Å². The fraction of sp³-hybridized carbons (Fsp3) is 0.462. The van der Waals surface area contributed by atoms with E-state index in [1.165, 1.54) is 0 Å². The van der Waals surface area contributed by atoms with Crippen LogP contribution in [0.5, 0.6) is 0 Å². The van der Waals surface area contributed by atoms with E-state index in [4.69, 9.17) is 37.8 Å². The first-order valence-corrected chi connectivity index (χ1v) is 13.8. The van der Waals surface area contributed by atoms with Crippen LogP contribution in [-0.4, -0.2) is 56.9 Å². The molecule has 6 nitrogen and oxygen atoms in total. The van der Waals surface area contributed by atoms with Gasteiger partial charge in [-0.05, 0) is 36.2 Å². The van der Waals surface area contributed by atoms with E-state index in [1.807, 2.05) is 87.2 Å². The highest BCUT2D eigenvalue weighted by molar-refractivity contribution is 7.85. The van der Waals surface area contributed by atoms with Crippen LogP contribution in [-0.2, 0) is 25.1 Å². The number of nitrogens with zero attached hydrogens (tertiary/aromatic N) is 1. The second-order valence-corrected chi connectivity index (χ2v) is 9.82. The van der Waals surface area contributed by atoms with Gasteiger partial charge in [0.25, 0.3) is 5.97 Å². The summed E-state index contributed by atoms with van der Waals surface area (Å²) in [5.41, 5.74) is 0.998. The van der Waals surface area contributed by atoms with Gasteiger partial charge < -0.3 is 14.7 Å². The Labute approximate surface area is 222 Å². The lowest BCUT2D eigenvalue weighted by Gasteiger charge is -2.41. The van der Waals surface area contributed by atoms with Crippen LogP contribution in [0.25, 0.3) is 0 Å². The number of carboxylic acid groups (broad SMARTS) is 1. The molecule has 0 aliphatic carbocycles. The fourth-order valence-electron chi connectivity index (χ4n) is 3.13. The number of hydrogen-bond donors (Lipinski definition) is 1. The molecule has 1 fully saturated rings. The van der Waals surface area contributed by atoms with Crippen LogP contribution in [0, 0.1) is 0 Å². The molecule has 2 aromatic carbocycles. The van der Waals surface area contributed by atoms with E-state index < -0.39 is 16.8 Å². The smallest absolute Gasteiger partial charge is 0.300 e. The highest BCUT2D eigenvalue weighted by Gasteiger charge is 2.35. The number of carboxylic acids is 1. The van der Waals surface area contributed by atoms with Crippen LogP contribution in [0.15, 0.2) is 54.6 Å². The summed E-state index contributed by atoms with van der Waals surface area (Å²) >= 11 is 11.5. The summed E-state index contributed by atoms with van der Waals surface area (Å²) in [5.74, 6) is 0.259. The first kappa shape index (κ1) is 33.1. The third kappa shape index (κ3) is 13.7. The van der Waals surface area contributed by atoms with Crippen molar-refractivity contribution in [3.63, 3.8) is 0 Å². The van der Waals surface area contributed by atoms with Gasteiger partial charge in [0, 0.05) is 45.3 Å². The number of amides is 1. The van der Waals surface area contributed by atoms with Crippen LogP contribution in [0.3, 0.4) is 0 Å². The van der Waals surface area contributed by atoms with Crippen molar-refractivity contribution in [1.29, 1.82) is 0 Å². The van der Waals surface area contributed by atoms with Crippen molar-refractivity contribution in [1.82, 2.24) is 4.90 Å². The molecule has 3 rings (SSSR count). The zero-order valence-corrected chi connectivity index (χ0v) is 23.4. The summed E-state index contributed by atoms with van der Waals surface area (Å²) in [6.07, 6.45) is 0.779. The van der Waals surface area contributed by atoms with Crippen molar-refractivity contribution < 1.29 is 23.6 Å². The summed E-state index contributed by atoms with van der Waals surface area (Å²) in [7, 11) is -0.904. The Balaban J connectivity index is 0.000000730. The van der Waals surface area contributed by atoms with E-state index in [1.54, 1.807) is 0 Å². The SMILES string of the molecule is CC.CC(=O)O.CCC(CS(=O)CC)N1C(=O)COCC1c1ccc(Cl)cc1.Clc1ccccc1. The first-order valence-electron chi connectivity index (χ1n) is 11.6. The van der Waals surface area contributed by atoms with Crippen molar-refractivity contribution in [3.8, 4) is 0 Å². The highest BCUT2D eigenvalue weighted by atomic mass is 35.5. The Morgan fingerprint density at radius 1 is 1.09 bits per heavy atom. The second kappa shape index (κ2) is 19.3. The second-order valence-electron chi connectivity index (χ2n) is 7.16. The lowest BCUT2D eigenvalue weighted by Crippen LogP contribution is -2.51. The Morgan fingerprint density at radius 2 is 1.60 bits per heavy atom. The summed E-state index contributed by atoms with van der Waals surface area (Å²) in [4.78, 5) is 23.3. The molecule has 0 spiro atoms. The van der Waals surface area contributed by atoms with Crippen LogP contribution in [0.2, 0.25) is 10.0 Å². The van der Waals surface area contributed by atoms with E-state index in [0.29, 0.717) is 23.1 Å². The van der Waals surface area contributed by atoms with Gasteiger partial charge in [-0.15, -0.1) is 0 Å². The monoisotopic (exact) mass is 545 g/mol. The minimum absolute atomic E-state index is 0.0298. The van der Waals surface area contributed by atoms with E-state index in [2.05, 4.69) is 0 Å². The third-order valence-corrected chi connectivity index (χ3v) is 6.58. The summed E-state index contributed by atoms with van der Waals surface area (Å²) in [6.45, 7) is 9.57. The Bertz CT molecular complexity index is 877. The standard InChI is InChI=1S/C16H22ClNO3S.C6H5Cl.C2H4O2.C2H6/c1-3-14(11-22(20)4-2)18-15(9-21-10-16(18)19)12-5-7-13(17)8-6-12;7-6-4-2-1-3-5-6;1-2(3)4;1-2/h5-8,14-15H,3-4,9-11H2,1-2H3;1-5H;1H3,(H,3,4);1-2H3. The fourth-order valence-corrected chi connectivity index (χ4v) is 4.46. The van der Waals surface area contributed by atoms with Crippen molar-refractivity contribution in [3.05, 3.63) is 70.2 Å².